The molecule has 2 nitrogen and oxygen atoms in total. The Morgan fingerprint density at radius 1 is 1.38 bits per heavy atom. The highest BCUT2D eigenvalue weighted by molar-refractivity contribution is 6.32. The SMILES string of the molecule is [B]c1cc(OCCOC)ccc1F. The molecule has 0 spiro atoms. The van der Waals surface area contributed by atoms with Crippen LogP contribution in [0.25, 0.3) is 0 Å². The number of rotatable bonds is 4. The predicted octanol–water partition coefficient (Wildman–Crippen LogP) is 0.645. The summed E-state index contributed by atoms with van der Waals surface area (Å²) in [6.45, 7) is 0.929. The molecule has 0 saturated heterocycles. The molecule has 0 fully saturated rings. The maximum absolute atomic E-state index is 12.7. The molecule has 0 aromatic heterocycles. The van der Waals surface area contributed by atoms with Crippen molar-refractivity contribution in [2.24, 2.45) is 0 Å². The van der Waals surface area contributed by atoms with E-state index >= 15 is 0 Å². The lowest BCUT2D eigenvalue weighted by atomic mass is 9.95. The quantitative estimate of drug-likeness (QED) is 0.500. The van der Waals surface area contributed by atoms with Crippen LogP contribution in [0.2, 0.25) is 0 Å². The molecule has 1 aromatic carbocycles. The molecule has 4 heteroatoms. The highest BCUT2D eigenvalue weighted by atomic mass is 19.1. The molecule has 0 amide bonds. The Kier molecular flexibility index (Phi) is 3.77. The van der Waals surface area contributed by atoms with E-state index in [1.165, 1.54) is 18.2 Å². The smallest absolute Gasteiger partial charge is 0.119 e. The van der Waals surface area contributed by atoms with Gasteiger partial charge in [0.25, 0.3) is 0 Å². The van der Waals surface area contributed by atoms with E-state index in [1.54, 1.807) is 7.11 Å². The molecule has 0 aliphatic carbocycles. The number of benzene rings is 1. The summed E-state index contributed by atoms with van der Waals surface area (Å²) >= 11 is 0. The monoisotopic (exact) mass is 180 g/mol. The first-order chi connectivity index (χ1) is 6.24. The Labute approximate surface area is 78.1 Å². The summed E-state index contributed by atoms with van der Waals surface area (Å²) in [7, 11) is 6.92. The standard InChI is InChI=1S/C9H10BFO2/c1-12-4-5-13-7-2-3-9(11)8(10)6-7/h2-3,6H,4-5H2,1H3. The molecule has 13 heavy (non-hydrogen) atoms. The maximum atomic E-state index is 12.7. The van der Waals surface area contributed by atoms with Crippen molar-refractivity contribution < 1.29 is 13.9 Å². The minimum atomic E-state index is -0.431. The summed E-state index contributed by atoms with van der Waals surface area (Å²) in [4.78, 5) is 0. The highest BCUT2D eigenvalue weighted by Gasteiger charge is 1.98. The molecular weight excluding hydrogens is 170 g/mol. The number of hydrogen-bond donors (Lipinski definition) is 0. The third-order valence-electron chi connectivity index (χ3n) is 1.52. The largest absolute Gasteiger partial charge is 0.491 e. The Hall–Kier alpha value is -1.03. The van der Waals surface area contributed by atoms with E-state index in [4.69, 9.17) is 17.3 Å². The second-order valence-electron chi connectivity index (χ2n) is 2.52. The summed E-state index contributed by atoms with van der Waals surface area (Å²) in [5.41, 5.74) is 0.0925. The first kappa shape index (κ1) is 10.1. The van der Waals surface area contributed by atoms with Crippen molar-refractivity contribution in [2.75, 3.05) is 20.3 Å². The first-order valence-electron chi connectivity index (χ1n) is 3.91. The van der Waals surface area contributed by atoms with Gasteiger partial charge in [0.2, 0.25) is 0 Å². The number of halogens is 1. The van der Waals surface area contributed by atoms with Crippen molar-refractivity contribution in [1.82, 2.24) is 0 Å². The van der Waals surface area contributed by atoms with Crippen molar-refractivity contribution in [3.8, 4) is 5.75 Å². The molecule has 0 N–H and O–H groups in total. The van der Waals surface area contributed by atoms with Crippen LogP contribution in [0.1, 0.15) is 0 Å². The van der Waals surface area contributed by atoms with Crippen LogP contribution in [0, 0.1) is 5.82 Å². The van der Waals surface area contributed by atoms with Gasteiger partial charge in [-0.15, -0.1) is 0 Å². The van der Waals surface area contributed by atoms with Gasteiger partial charge in [0, 0.05) is 7.11 Å². The second kappa shape index (κ2) is 4.87. The van der Waals surface area contributed by atoms with Crippen molar-refractivity contribution in [2.45, 2.75) is 0 Å². The second-order valence-corrected chi connectivity index (χ2v) is 2.52. The molecule has 1 rings (SSSR count). The summed E-state index contributed by atoms with van der Waals surface area (Å²) < 4.78 is 22.7. The summed E-state index contributed by atoms with van der Waals surface area (Å²) in [6.07, 6.45) is 0. The van der Waals surface area contributed by atoms with Crippen LogP contribution in [0.5, 0.6) is 5.75 Å². The minimum absolute atomic E-state index is 0.0925. The maximum Gasteiger partial charge on any atom is 0.119 e. The average molecular weight is 180 g/mol. The van der Waals surface area contributed by atoms with E-state index in [9.17, 15) is 4.39 Å². The zero-order valence-corrected chi connectivity index (χ0v) is 7.42. The van der Waals surface area contributed by atoms with Crippen LogP contribution in [-0.4, -0.2) is 28.2 Å². The lowest BCUT2D eigenvalue weighted by molar-refractivity contribution is 0.146. The first-order valence-corrected chi connectivity index (χ1v) is 3.91. The predicted molar refractivity (Wildman–Crippen MR) is 49.2 cm³/mol. The van der Waals surface area contributed by atoms with Crippen LogP contribution in [0.4, 0.5) is 4.39 Å². The van der Waals surface area contributed by atoms with E-state index < -0.39 is 5.82 Å². The fourth-order valence-electron chi connectivity index (χ4n) is 0.854. The summed E-state index contributed by atoms with van der Waals surface area (Å²) in [6, 6.07) is 4.25. The minimum Gasteiger partial charge on any atom is -0.491 e. The number of hydrogen-bond acceptors (Lipinski definition) is 2. The molecule has 68 valence electrons. The number of methoxy groups -OCH3 is 1. The van der Waals surface area contributed by atoms with E-state index in [2.05, 4.69) is 0 Å². The third-order valence-corrected chi connectivity index (χ3v) is 1.52. The van der Waals surface area contributed by atoms with Crippen molar-refractivity contribution >= 4 is 13.3 Å². The van der Waals surface area contributed by atoms with Crippen LogP contribution < -0.4 is 10.2 Å². The average Bonchev–Trinajstić information content (AvgIpc) is 2.12. The fourth-order valence-corrected chi connectivity index (χ4v) is 0.854. The molecule has 0 heterocycles. The van der Waals surface area contributed by atoms with Gasteiger partial charge >= 0.3 is 0 Å². The molecule has 2 radical (unpaired) electrons. The van der Waals surface area contributed by atoms with Crippen LogP contribution in [0.15, 0.2) is 18.2 Å². The van der Waals surface area contributed by atoms with Crippen molar-refractivity contribution in [3.05, 3.63) is 24.0 Å². The molecule has 0 atom stereocenters. The van der Waals surface area contributed by atoms with E-state index in [1.807, 2.05) is 0 Å². The van der Waals surface area contributed by atoms with Gasteiger partial charge in [0.05, 0.1) is 6.61 Å². The van der Waals surface area contributed by atoms with E-state index in [-0.39, 0.29) is 5.46 Å². The van der Waals surface area contributed by atoms with Gasteiger partial charge in [-0.1, -0.05) is 5.46 Å². The van der Waals surface area contributed by atoms with Gasteiger partial charge in [0.15, 0.2) is 0 Å². The lowest BCUT2D eigenvalue weighted by Crippen LogP contribution is -2.10. The van der Waals surface area contributed by atoms with Gasteiger partial charge in [-0.3, -0.25) is 0 Å². The van der Waals surface area contributed by atoms with Crippen molar-refractivity contribution in [1.29, 1.82) is 0 Å². The number of ether oxygens (including phenoxy) is 2. The van der Waals surface area contributed by atoms with Gasteiger partial charge in [-0.25, -0.2) is 4.39 Å². The molecule has 0 saturated carbocycles. The molecule has 0 aliphatic rings. The lowest BCUT2D eigenvalue weighted by Gasteiger charge is -2.06. The normalized spacial score (nSPS) is 10.0. The van der Waals surface area contributed by atoms with Gasteiger partial charge in [-0.2, -0.15) is 0 Å². The zero-order chi connectivity index (χ0) is 9.68. The van der Waals surface area contributed by atoms with Gasteiger partial charge in [-0.05, 0) is 18.2 Å². The molecule has 1 aromatic rings. The summed E-state index contributed by atoms with van der Waals surface area (Å²) in [5.74, 6) is 0.120. The van der Waals surface area contributed by atoms with Crippen LogP contribution >= 0.6 is 0 Å². The molecule has 0 aliphatic heterocycles. The summed E-state index contributed by atoms with van der Waals surface area (Å²) in [5, 5.41) is 0. The zero-order valence-electron chi connectivity index (χ0n) is 7.42. The van der Waals surface area contributed by atoms with Crippen molar-refractivity contribution in [3.63, 3.8) is 0 Å². The van der Waals surface area contributed by atoms with E-state index in [0.717, 1.165) is 0 Å². The third kappa shape index (κ3) is 3.07. The van der Waals surface area contributed by atoms with E-state index in [0.29, 0.717) is 19.0 Å². The Balaban J connectivity index is 2.53. The molecule has 0 bridgehead atoms. The molecule has 0 unspecified atom stereocenters. The van der Waals surface area contributed by atoms with Crippen LogP contribution in [0.3, 0.4) is 0 Å². The topological polar surface area (TPSA) is 18.5 Å². The Morgan fingerprint density at radius 3 is 2.77 bits per heavy atom. The van der Waals surface area contributed by atoms with Gasteiger partial charge < -0.3 is 9.47 Å². The Bertz CT molecular complexity index is 278. The Morgan fingerprint density at radius 2 is 2.15 bits per heavy atom. The van der Waals surface area contributed by atoms with Gasteiger partial charge in [0.1, 0.15) is 26.0 Å². The molecular formula is C9H10BFO2. The van der Waals surface area contributed by atoms with Crippen LogP contribution in [-0.2, 0) is 4.74 Å². The highest BCUT2D eigenvalue weighted by Crippen LogP contribution is 2.08. The fraction of sp³-hybridized carbons (Fsp3) is 0.333.